The molecule has 0 unspecified atom stereocenters. The summed E-state index contributed by atoms with van der Waals surface area (Å²) in [4.78, 5) is 12.2. The fraction of sp³-hybridized carbons (Fsp3) is 0.500. The van der Waals surface area contributed by atoms with E-state index in [4.69, 9.17) is 22.1 Å². The van der Waals surface area contributed by atoms with E-state index in [0.29, 0.717) is 37.5 Å². The number of nitrogens with one attached hydrogen (secondary N) is 1. The number of nitrogen functional groups attached to an aromatic ring is 1. The molecule has 0 radical (unpaired) electrons. The van der Waals surface area contributed by atoms with Gasteiger partial charge in [0, 0.05) is 25.7 Å². The second-order valence-corrected chi connectivity index (χ2v) is 7.33. The number of nitrogens with zero attached hydrogens (tertiary/aromatic N) is 1. The van der Waals surface area contributed by atoms with Crippen molar-refractivity contribution in [3.05, 3.63) is 22.7 Å². The lowest BCUT2D eigenvalue weighted by Gasteiger charge is -2.17. The quantitative estimate of drug-likeness (QED) is 0.536. The molecule has 1 aromatic carbocycles. The minimum absolute atomic E-state index is 0.269. The summed E-state index contributed by atoms with van der Waals surface area (Å²) in [5, 5.41) is 2.98. The van der Waals surface area contributed by atoms with Gasteiger partial charge >= 0.3 is 0 Å². The first-order valence-corrected chi connectivity index (χ1v) is 9.29. The monoisotopic (exact) mass is 363 g/mol. The van der Waals surface area contributed by atoms with Crippen LogP contribution in [0.25, 0.3) is 0 Å². The first-order valence-electron chi connectivity index (χ1n) is 7.07. The van der Waals surface area contributed by atoms with E-state index in [0.717, 1.165) is 6.26 Å². The molecule has 1 amide bonds. The number of benzene rings is 1. The summed E-state index contributed by atoms with van der Waals surface area (Å²) in [5.41, 5.74) is 6.28. The summed E-state index contributed by atoms with van der Waals surface area (Å²) >= 11 is 5.92. The van der Waals surface area contributed by atoms with Crippen LogP contribution in [0.2, 0.25) is 5.02 Å². The van der Waals surface area contributed by atoms with Crippen LogP contribution in [0.4, 0.5) is 5.69 Å². The molecule has 0 bridgehead atoms. The number of carbonyl (C=O) groups excluding carboxylic acids is 1. The van der Waals surface area contributed by atoms with Gasteiger partial charge in [0.2, 0.25) is 10.0 Å². The van der Waals surface area contributed by atoms with Crippen molar-refractivity contribution in [3.63, 3.8) is 0 Å². The Kier molecular flexibility index (Phi) is 7.11. The normalized spacial score (nSPS) is 11.5. The van der Waals surface area contributed by atoms with Crippen LogP contribution in [0.1, 0.15) is 23.7 Å². The Morgan fingerprint density at radius 3 is 2.61 bits per heavy atom. The number of rotatable bonds is 8. The molecular weight excluding hydrogens is 342 g/mol. The lowest BCUT2D eigenvalue weighted by molar-refractivity contribution is 0.0950. The largest absolute Gasteiger partial charge is 0.496 e. The zero-order valence-electron chi connectivity index (χ0n) is 13.4. The molecular formula is C14H22ClN3O4S. The van der Waals surface area contributed by atoms with E-state index in [1.54, 1.807) is 6.92 Å². The Morgan fingerprint density at radius 1 is 1.43 bits per heavy atom. The predicted octanol–water partition coefficient (Wildman–Crippen LogP) is 1.33. The van der Waals surface area contributed by atoms with E-state index >= 15 is 0 Å². The zero-order valence-corrected chi connectivity index (χ0v) is 15.0. The zero-order chi connectivity index (χ0) is 17.6. The van der Waals surface area contributed by atoms with Crippen molar-refractivity contribution < 1.29 is 17.9 Å². The lowest BCUT2D eigenvalue weighted by atomic mass is 10.1. The van der Waals surface area contributed by atoms with E-state index < -0.39 is 10.0 Å². The number of methoxy groups -OCH3 is 1. The smallest absolute Gasteiger partial charge is 0.255 e. The van der Waals surface area contributed by atoms with Gasteiger partial charge in [-0.3, -0.25) is 4.79 Å². The van der Waals surface area contributed by atoms with Crippen LogP contribution in [0.5, 0.6) is 5.75 Å². The predicted molar refractivity (Wildman–Crippen MR) is 91.5 cm³/mol. The highest BCUT2D eigenvalue weighted by molar-refractivity contribution is 7.88. The molecule has 23 heavy (non-hydrogen) atoms. The molecule has 1 aromatic rings. The molecule has 0 atom stereocenters. The van der Waals surface area contributed by atoms with Gasteiger partial charge in [0.15, 0.2) is 0 Å². The molecule has 0 aliphatic carbocycles. The van der Waals surface area contributed by atoms with Crippen molar-refractivity contribution in [3.8, 4) is 5.75 Å². The van der Waals surface area contributed by atoms with Crippen LogP contribution < -0.4 is 15.8 Å². The highest BCUT2D eigenvalue weighted by atomic mass is 35.5. The molecule has 9 heteroatoms. The second kappa shape index (κ2) is 8.37. The number of nitrogens with two attached hydrogens (primary N) is 1. The van der Waals surface area contributed by atoms with Crippen LogP contribution in [0.15, 0.2) is 12.1 Å². The maximum atomic E-state index is 12.2. The molecule has 0 aliphatic rings. The number of carbonyl (C=O) groups is 1. The highest BCUT2D eigenvalue weighted by Gasteiger charge is 2.16. The van der Waals surface area contributed by atoms with E-state index in [1.165, 1.54) is 23.5 Å². The Bertz CT molecular complexity index is 664. The Morgan fingerprint density at radius 2 is 2.09 bits per heavy atom. The second-order valence-electron chi connectivity index (χ2n) is 4.94. The number of ether oxygens (including phenoxy) is 1. The fourth-order valence-corrected chi connectivity index (χ4v) is 3.12. The van der Waals surface area contributed by atoms with Gasteiger partial charge in [-0.15, -0.1) is 0 Å². The van der Waals surface area contributed by atoms with Gasteiger partial charge in [-0.2, -0.15) is 0 Å². The van der Waals surface area contributed by atoms with E-state index in [1.807, 2.05) is 0 Å². The summed E-state index contributed by atoms with van der Waals surface area (Å²) < 4.78 is 29.4. The Hall–Kier alpha value is -1.51. The first kappa shape index (κ1) is 19.5. The lowest BCUT2D eigenvalue weighted by Crippen LogP contribution is -2.33. The van der Waals surface area contributed by atoms with Crippen LogP contribution in [0.3, 0.4) is 0 Å². The van der Waals surface area contributed by atoms with Crippen LogP contribution in [-0.2, 0) is 10.0 Å². The van der Waals surface area contributed by atoms with Gasteiger partial charge in [-0.25, -0.2) is 12.7 Å². The van der Waals surface area contributed by atoms with Crippen LogP contribution in [0, 0.1) is 0 Å². The van der Waals surface area contributed by atoms with Crippen molar-refractivity contribution in [1.82, 2.24) is 9.62 Å². The number of amides is 1. The molecule has 0 aliphatic heterocycles. The molecule has 0 spiro atoms. The summed E-state index contributed by atoms with van der Waals surface area (Å²) in [6.07, 6.45) is 1.66. The molecule has 1 rings (SSSR count). The summed E-state index contributed by atoms with van der Waals surface area (Å²) in [5.74, 6) is -0.0260. The fourth-order valence-electron chi connectivity index (χ4n) is 2.03. The molecule has 0 fully saturated rings. The summed E-state index contributed by atoms with van der Waals surface area (Å²) in [6, 6.07) is 2.93. The SMILES string of the molecule is CCN(CCCNC(=O)c1cc(Cl)c(N)cc1OC)S(C)(=O)=O. The van der Waals surface area contributed by atoms with Gasteiger partial charge < -0.3 is 15.8 Å². The van der Waals surface area contributed by atoms with Gasteiger partial charge in [0.25, 0.3) is 5.91 Å². The van der Waals surface area contributed by atoms with Crippen molar-refractivity contribution in [2.45, 2.75) is 13.3 Å². The van der Waals surface area contributed by atoms with Gasteiger partial charge in [-0.05, 0) is 12.5 Å². The van der Waals surface area contributed by atoms with E-state index in [2.05, 4.69) is 5.32 Å². The Labute approximate surface area is 141 Å². The molecule has 3 N–H and O–H groups in total. The number of halogens is 1. The molecule has 7 nitrogen and oxygen atoms in total. The summed E-state index contributed by atoms with van der Waals surface area (Å²) in [7, 11) is -1.78. The molecule has 0 saturated carbocycles. The maximum absolute atomic E-state index is 12.2. The average molecular weight is 364 g/mol. The topological polar surface area (TPSA) is 102 Å². The third kappa shape index (κ3) is 5.56. The van der Waals surface area contributed by atoms with Gasteiger partial charge in [-0.1, -0.05) is 18.5 Å². The number of sulfonamides is 1. The minimum Gasteiger partial charge on any atom is -0.496 e. The average Bonchev–Trinajstić information content (AvgIpc) is 2.47. The van der Waals surface area contributed by atoms with E-state index in [-0.39, 0.29) is 16.5 Å². The number of anilines is 1. The van der Waals surface area contributed by atoms with Crippen LogP contribution >= 0.6 is 11.6 Å². The van der Waals surface area contributed by atoms with Crippen LogP contribution in [-0.4, -0.2) is 51.6 Å². The van der Waals surface area contributed by atoms with Crippen molar-refractivity contribution in [2.24, 2.45) is 0 Å². The Balaban J connectivity index is 2.63. The first-order chi connectivity index (χ1) is 10.7. The third-order valence-corrected chi connectivity index (χ3v) is 4.96. The minimum atomic E-state index is -3.22. The van der Waals surface area contributed by atoms with Crippen molar-refractivity contribution in [1.29, 1.82) is 0 Å². The van der Waals surface area contributed by atoms with E-state index in [9.17, 15) is 13.2 Å². The van der Waals surface area contributed by atoms with Gasteiger partial charge in [0.05, 0.1) is 29.6 Å². The third-order valence-electron chi connectivity index (χ3n) is 3.26. The molecule has 130 valence electrons. The number of hydrogen-bond acceptors (Lipinski definition) is 5. The molecule has 0 aromatic heterocycles. The number of hydrogen-bond donors (Lipinski definition) is 2. The molecule has 0 saturated heterocycles. The maximum Gasteiger partial charge on any atom is 0.255 e. The highest BCUT2D eigenvalue weighted by Crippen LogP contribution is 2.28. The van der Waals surface area contributed by atoms with Crippen molar-refractivity contribution in [2.75, 3.05) is 38.7 Å². The standard InChI is InChI=1S/C14H22ClN3O4S/c1-4-18(23(3,20)21)7-5-6-17-14(19)10-8-11(15)12(16)9-13(10)22-2/h8-9H,4-7,16H2,1-3H3,(H,17,19). The summed E-state index contributed by atoms with van der Waals surface area (Å²) in [6.45, 7) is 2.83. The van der Waals surface area contributed by atoms with Gasteiger partial charge in [0.1, 0.15) is 5.75 Å². The molecule has 0 heterocycles. The van der Waals surface area contributed by atoms with Crippen molar-refractivity contribution >= 4 is 33.2 Å².